The van der Waals surface area contributed by atoms with E-state index in [0.29, 0.717) is 42.7 Å². The molecule has 1 aromatic carbocycles. The van der Waals surface area contributed by atoms with Gasteiger partial charge in [0.2, 0.25) is 0 Å². The van der Waals surface area contributed by atoms with E-state index in [4.69, 9.17) is 4.74 Å². The molecule has 0 aliphatic heterocycles. The van der Waals surface area contributed by atoms with Crippen LogP contribution in [-0.2, 0) is 22.6 Å². The molecule has 176 valence electrons. The van der Waals surface area contributed by atoms with Crippen LogP contribution in [0.5, 0.6) is 5.75 Å². The van der Waals surface area contributed by atoms with E-state index in [0.717, 1.165) is 24.8 Å². The van der Waals surface area contributed by atoms with Gasteiger partial charge in [0.05, 0.1) is 18.8 Å². The molecule has 0 saturated carbocycles. The minimum absolute atomic E-state index is 0.0292. The van der Waals surface area contributed by atoms with Crippen molar-refractivity contribution in [2.75, 3.05) is 6.61 Å². The molecular formula is C26H42O5. The molecule has 0 bridgehead atoms. The molecule has 0 spiro atoms. The standard InChI is InChI=1S/C16H24O3.C10H18O2/c1-5-11(4)15(18)14-12(6-2)8-9-13(10-17)16(14)19-7-3;1-4-5-10(12)7-6-8(2)9(3)11/h8-9,11,17H,5-7,10H2,1-4H3;8H,4-7H2,1-3H3. The molecule has 0 saturated heterocycles. The van der Waals surface area contributed by atoms with Gasteiger partial charge >= 0.3 is 0 Å². The van der Waals surface area contributed by atoms with Gasteiger partial charge in [0, 0.05) is 30.2 Å². The van der Waals surface area contributed by atoms with Gasteiger partial charge in [-0.2, -0.15) is 0 Å². The van der Waals surface area contributed by atoms with E-state index < -0.39 is 0 Å². The quantitative estimate of drug-likeness (QED) is 0.401. The van der Waals surface area contributed by atoms with Crippen molar-refractivity contribution < 1.29 is 24.2 Å². The number of Topliss-reactive ketones (excluding diaryl/α,β-unsaturated/α-hetero) is 3. The molecule has 0 aliphatic rings. The van der Waals surface area contributed by atoms with Crippen LogP contribution in [0, 0.1) is 11.8 Å². The van der Waals surface area contributed by atoms with Crippen molar-refractivity contribution in [1.29, 1.82) is 0 Å². The Bertz CT molecular complexity index is 708. The number of aryl methyl sites for hydroxylation is 1. The van der Waals surface area contributed by atoms with Crippen molar-refractivity contribution in [2.24, 2.45) is 11.8 Å². The summed E-state index contributed by atoms with van der Waals surface area (Å²) in [5.41, 5.74) is 2.34. The summed E-state index contributed by atoms with van der Waals surface area (Å²) in [6.45, 7) is 13.7. The van der Waals surface area contributed by atoms with E-state index in [1.54, 1.807) is 6.92 Å². The van der Waals surface area contributed by atoms with Crippen LogP contribution in [-0.4, -0.2) is 29.1 Å². The lowest BCUT2D eigenvalue weighted by atomic mass is 9.90. The smallest absolute Gasteiger partial charge is 0.169 e. The first kappa shape index (κ1) is 29.0. The van der Waals surface area contributed by atoms with E-state index in [9.17, 15) is 19.5 Å². The molecule has 31 heavy (non-hydrogen) atoms. The first-order valence-corrected chi connectivity index (χ1v) is 11.6. The van der Waals surface area contributed by atoms with Gasteiger partial charge in [0.15, 0.2) is 5.78 Å². The zero-order valence-corrected chi connectivity index (χ0v) is 20.5. The lowest BCUT2D eigenvalue weighted by Crippen LogP contribution is -2.16. The maximum Gasteiger partial charge on any atom is 0.169 e. The molecule has 1 N–H and O–H groups in total. The molecule has 1 aromatic rings. The largest absolute Gasteiger partial charge is 0.493 e. The normalized spacial score (nSPS) is 12.4. The number of hydrogen-bond donors (Lipinski definition) is 1. The van der Waals surface area contributed by atoms with Crippen LogP contribution >= 0.6 is 0 Å². The van der Waals surface area contributed by atoms with E-state index in [2.05, 4.69) is 0 Å². The summed E-state index contributed by atoms with van der Waals surface area (Å²) in [5, 5.41) is 9.42. The Hall–Kier alpha value is -2.01. The van der Waals surface area contributed by atoms with Crippen LogP contribution in [0.3, 0.4) is 0 Å². The lowest BCUT2D eigenvalue weighted by molar-refractivity contribution is -0.121. The summed E-state index contributed by atoms with van der Waals surface area (Å²) < 4.78 is 5.64. The van der Waals surface area contributed by atoms with Crippen LogP contribution in [0.1, 0.15) is 102 Å². The summed E-state index contributed by atoms with van der Waals surface area (Å²) in [5.74, 6) is 1.15. The van der Waals surface area contributed by atoms with Crippen molar-refractivity contribution >= 4 is 17.3 Å². The molecule has 0 radical (unpaired) electrons. The Balaban J connectivity index is 0.000000649. The molecule has 1 rings (SSSR count). The second-order valence-corrected chi connectivity index (χ2v) is 8.05. The van der Waals surface area contributed by atoms with Crippen LogP contribution in [0.4, 0.5) is 0 Å². The number of benzene rings is 1. The van der Waals surface area contributed by atoms with Crippen molar-refractivity contribution in [3.05, 3.63) is 28.8 Å². The highest BCUT2D eigenvalue weighted by Gasteiger charge is 2.23. The maximum absolute atomic E-state index is 12.6. The minimum Gasteiger partial charge on any atom is -0.493 e. The van der Waals surface area contributed by atoms with Crippen LogP contribution in [0.25, 0.3) is 0 Å². The maximum atomic E-state index is 12.6. The molecule has 5 nitrogen and oxygen atoms in total. The molecule has 0 heterocycles. The van der Waals surface area contributed by atoms with Crippen molar-refractivity contribution in [3.8, 4) is 5.75 Å². The monoisotopic (exact) mass is 434 g/mol. The first-order valence-electron chi connectivity index (χ1n) is 11.6. The zero-order chi connectivity index (χ0) is 24.0. The predicted octanol–water partition coefficient (Wildman–Crippen LogP) is 5.73. The van der Waals surface area contributed by atoms with Crippen molar-refractivity contribution in [3.63, 3.8) is 0 Å². The topological polar surface area (TPSA) is 80.7 Å². The van der Waals surface area contributed by atoms with Gasteiger partial charge in [-0.1, -0.05) is 46.8 Å². The molecule has 0 amide bonds. The van der Waals surface area contributed by atoms with E-state index in [-0.39, 0.29) is 35.8 Å². The average molecular weight is 435 g/mol. The fraction of sp³-hybridized carbons (Fsp3) is 0.654. The van der Waals surface area contributed by atoms with E-state index in [1.807, 2.05) is 53.7 Å². The number of aliphatic hydroxyl groups is 1. The van der Waals surface area contributed by atoms with Crippen LogP contribution in [0.2, 0.25) is 0 Å². The highest BCUT2D eigenvalue weighted by atomic mass is 16.5. The minimum atomic E-state index is -0.111. The molecular weight excluding hydrogens is 392 g/mol. The van der Waals surface area contributed by atoms with Crippen molar-refractivity contribution in [1.82, 2.24) is 0 Å². The van der Waals surface area contributed by atoms with Gasteiger partial charge in [-0.05, 0) is 45.1 Å². The third kappa shape index (κ3) is 9.77. The Morgan fingerprint density at radius 3 is 2.03 bits per heavy atom. The highest BCUT2D eigenvalue weighted by molar-refractivity contribution is 6.02. The Kier molecular flexibility index (Phi) is 14.7. The predicted molar refractivity (Wildman–Crippen MR) is 126 cm³/mol. The summed E-state index contributed by atoms with van der Waals surface area (Å²) in [6.07, 6.45) is 4.43. The number of ketones is 3. The summed E-state index contributed by atoms with van der Waals surface area (Å²) in [4.78, 5) is 34.4. The van der Waals surface area contributed by atoms with Gasteiger partial charge in [0.25, 0.3) is 0 Å². The molecule has 2 atom stereocenters. The Morgan fingerprint density at radius 1 is 0.968 bits per heavy atom. The molecule has 0 aliphatic carbocycles. The highest BCUT2D eigenvalue weighted by Crippen LogP contribution is 2.31. The SMILES string of the molecule is CCCC(=O)CCC(C)C(C)=O.CCOc1c(CO)ccc(CC)c1C(=O)C(C)CC. The number of aliphatic hydroxyl groups excluding tert-OH is 1. The lowest BCUT2D eigenvalue weighted by Gasteiger charge is -2.18. The summed E-state index contributed by atoms with van der Waals surface area (Å²) >= 11 is 0. The summed E-state index contributed by atoms with van der Waals surface area (Å²) in [6, 6.07) is 3.76. The molecule has 0 fully saturated rings. The molecule has 2 unspecified atom stereocenters. The number of carbonyl (C=O) groups excluding carboxylic acids is 3. The fourth-order valence-electron chi connectivity index (χ4n) is 3.08. The number of carbonyl (C=O) groups is 3. The third-order valence-corrected chi connectivity index (χ3v) is 5.55. The van der Waals surface area contributed by atoms with E-state index >= 15 is 0 Å². The van der Waals surface area contributed by atoms with Gasteiger partial charge in [-0.15, -0.1) is 0 Å². The van der Waals surface area contributed by atoms with Gasteiger partial charge in [-0.3, -0.25) is 14.4 Å². The summed E-state index contributed by atoms with van der Waals surface area (Å²) in [7, 11) is 0. The van der Waals surface area contributed by atoms with Crippen LogP contribution < -0.4 is 4.74 Å². The molecule has 5 heteroatoms. The fourth-order valence-corrected chi connectivity index (χ4v) is 3.08. The zero-order valence-electron chi connectivity index (χ0n) is 20.5. The van der Waals surface area contributed by atoms with Crippen molar-refractivity contribution in [2.45, 2.75) is 93.6 Å². The Labute approximate surface area is 188 Å². The number of rotatable bonds is 13. The van der Waals surface area contributed by atoms with Crippen LogP contribution in [0.15, 0.2) is 12.1 Å². The average Bonchev–Trinajstić information content (AvgIpc) is 2.76. The van der Waals surface area contributed by atoms with Gasteiger partial charge in [0.1, 0.15) is 17.3 Å². The number of hydrogen-bond acceptors (Lipinski definition) is 5. The second-order valence-electron chi connectivity index (χ2n) is 8.05. The molecule has 0 aromatic heterocycles. The van der Waals surface area contributed by atoms with E-state index in [1.165, 1.54) is 0 Å². The second kappa shape index (κ2) is 15.7. The van der Waals surface area contributed by atoms with Gasteiger partial charge in [-0.25, -0.2) is 0 Å². The third-order valence-electron chi connectivity index (χ3n) is 5.55. The number of ether oxygens (including phenoxy) is 1. The van der Waals surface area contributed by atoms with Gasteiger partial charge < -0.3 is 9.84 Å². The Morgan fingerprint density at radius 2 is 1.58 bits per heavy atom. The first-order chi connectivity index (χ1) is 14.7.